The van der Waals surface area contributed by atoms with Crippen LogP contribution in [0.2, 0.25) is 0 Å². The van der Waals surface area contributed by atoms with Crippen molar-refractivity contribution in [1.82, 2.24) is 15.2 Å². The molecular formula is C22H25N5O2S. The third kappa shape index (κ3) is 4.36. The van der Waals surface area contributed by atoms with Gasteiger partial charge in [-0.15, -0.1) is 11.8 Å². The summed E-state index contributed by atoms with van der Waals surface area (Å²) in [5, 5.41) is 12.7. The van der Waals surface area contributed by atoms with E-state index in [1.165, 1.54) is 30.6 Å². The second-order valence-electron chi connectivity index (χ2n) is 7.65. The van der Waals surface area contributed by atoms with Crippen LogP contribution in [0.3, 0.4) is 0 Å². The quantitative estimate of drug-likeness (QED) is 0.813. The number of anilines is 1. The maximum Gasteiger partial charge on any atom is 0.252 e. The molecule has 2 aliphatic rings. The Bertz CT molecular complexity index is 981. The Hall–Kier alpha value is -2.79. The van der Waals surface area contributed by atoms with E-state index in [1.807, 2.05) is 12.1 Å². The van der Waals surface area contributed by atoms with Gasteiger partial charge < -0.3 is 15.1 Å². The zero-order valence-corrected chi connectivity index (χ0v) is 17.7. The van der Waals surface area contributed by atoms with Crippen molar-refractivity contribution < 1.29 is 9.59 Å². The van der Waals surface area contributed by atoms with Crippen molar-refractivity contribution in [2.75, 3.05) is 36.2 Å². The molecule has 3 heterocycles. The molecule has 0 aliphatic carbocycles. The third-order valence-electron chi connectivity index (χ3n) is 5.69. The van der Waals surface area contributed by atoms with E-state index in [0.717, 1.165) is 29.7 Å². The summed E-state index contributed by atoms with van der Waals surface area (Å²) >= 11 is 1.55. The highest BCUT2D eigenvalue weighted by Gasteiger charge is 2.29. The Kier molecular flexibility index (Phi) is 6.38. The highest BCUT2D eigenvalue weighted by molar-refractivity contribution is 7.99. The van der Waals surface area contributed by atoms with Crippen molar-refractivity contribution >= 4 is 40.2 Å². The molecule has 4 rings (SSSR count). The van der Waals surface area contributed by atoms with Crippen molar-refractivity contribution in [2.45, 2.75) is 31.7 Å². The summed E-state index contributed by atoms with van der Waals surface area (Å²) < 4.78 is 0. The van der Waals surface area contributed by atoms with Gasteiger partial charge in [-0.3, -0.25) is 14.6 Å². The SMILES string of the molecule is N#CC1CSCN1C(=O)CNC(=O)c1ccnc2ccc(N3CCCCCC3)cc12. The Balaban J connectivity index is 1.51. The molecule has 0 bridgehead atoms. The molecule has 2 saturated heterocycles. The summed E-state index contributed by atoms with van der Waals surface area (Å²) in [5.41, 5.74) is 2.37. The van der Waals surface area contributed by atoms with Crippen LogP contribution >= 0.6 is 11.8 Å². The fourth-order valence-electron chi connectivity index (χ4n) is 4.01. The minimum absolute atomic E-state index is 0.118. The molecular weight excluding hydrogens is 398 g/mol. The van der Waals surface area contributed by atoms with Crippen molar-refractivity contribution in [1.29, 1.82) is 5.26 Å². The van der Waals surface area contributed by atoms with E-state index in [2.05, 4.69) is 27.3 Å². The number of nitrogens with one attached hydrogen (secondary N) is 1. The molecule has 1 N–H and O–H groups in total. The lowest BCUT2D eigenvalue weighted by molar-refractivity contribution is -0.129. The highest BCUT2D eigenvalue weighted by atomic mass is 32.2. The number of hydrogen-bond donors (Lipinski definition) is 1. The van der Waals surface area contributed by atoms with Crippen molar-refractivity contribution in [3.05, 3.63) is 36.0 Å². The van der Waals surface area contributed by atoms with Crippen LogP contribution in [0.4, 0.5) is 5.69 Å². The van der Waals surface area contributed by atoms with Crippen LogP contribution in [0.15, 0.2) is 30.5 Å². The fourth-order valence-corrected chi connectivity index (χ4v) is 5.11. The number of benzene rings is 1. The average Bonchev–Trinajstić information content (AvgIpc) is 3.10. The van der Waals surface area contributed by atoms with Gasteiger partial charge in [-0.25, -0.2) is 0 Å². The van der Waals surface area contributed by atoms with Crippen LogP contribution in [-0.4, -0.2) is 59.0 Å². The number of fused-ring (bicyclic) bond motifs is 1. The first kappa shape index (κ1) is 20.5. The Morgan fingerprint density at radius 3 is 2.77 bits per heavy atom. The maximum absolute atomic E-state index is 12.9. The molecule has 0 saturated carbocycles. The summed E-state index contributed by atoms with van der Waals surface area (Å²) in [6, 6.07) is 9.47. The largest absolute Gasteiger partial charge is 0.372 e. The lowest BCUT2D eigenvalue weighted by Gasteiger charge is -2.23. The van der Waals surface area contributed by atoms with E-state index in [0.29, 0.717) is 17.2 Å². The van der Waals surface area contributed by atoms with Crippen molar-refractivity contribution in [3.8, 4) is 6.07 Å². The van der Waals surface area contributed by atoms with Crippen molar-refractivity contribution in [2.24, 2.45) is 0 Å². The Morgan fingerprint density at radius 2 is 2.00 bits per heavy atom. The number of nitrogens with zero attached hydrogens (tertiary/aromatic N) is 4. The number of pyridine rings is 1. The molecule has 0 spiro atoms. The molecule has 1 unspecified atom stereocenters. The molecule has 7 nitrogen and oxygen atoms in total. The third-order valence-corrected chi connectivity index (χ3v) is 6.71. The summed E-state index contributed by atoms with van der Waals surface area (Å²) in [5.74, 6) is 0.571. The number of carbonyl (C=O) groups is 2. The van der Waals surface area contributed by atoms with Gasteiger partial charge in [0.05, 0.1) is 29.6 Å². The normalized spacial score (nSPS) is 19.4. The molecule has 2 aliphatic heterocycles. The minimum atomic E-state index is -0.419. The molecule has 0 radical (unpaired) electrons. The van der Waals surface area contributed by atoms with Crippen molar-refractivity contribution in [3.63, 3.8) is 0 Å². The van der Waals surface area contributed by atoms with E-state index in [9.17, 15) is 9.59 Å². The Labute approximate surface area is 180 Å². The van der Waals surface area contributed by atoms with Crippen LogP contribution in [0, 0.1) is 11.3 Å². The van der Waals surface area contributed by atoms with Crippen LogP contribution < -0.4 is 10.2 Å². The van der Waals surface area contributed by atoms with Gasteiger partial charge in [-0.1, -0.05) is 12.8 Å². The topological polar surface area (TPSA) is 89.3 Å². The molecule has 1 atom stereocenters. The van der Waals surface area contributed by atoms with Gasteiger partial charge in [-0.05, 0) is 37.1 Å². The molecule has 156 valence electrons. The second-order valence-corrected chi connectivity index (χ2v) is 8.65. The Morgan fingerprint density at radius 1 is 1.20 bits per heavy atom. The zero-order valence-electron chi connectivity index (χ0n) is 16.8. The number of aromatic nitrogens is 1. The van der Waals surface area contributed by atoms with Crippen LogP contribution in [-0.2, 0) is 4.79 Å². The predicted octanol–water partition coefficient (Wildman–Crippen LogP) is 2.77. The summed E-state index contributed by atoms with van der Waals surface area (Å²) in [4.78, 5) is 33.6. The number of thioether (sulfide) groups is 1. The van der Waals surface area contributed by atoms with Gasteiger partial charge in [0.1, 0.15) is 6.04 Å². The molecule has 8 heteroatoms. The fraction of sp³-hybridized carbons (Fsp3) is 0.455. The predicted molar refractivity (Wildman–Crippen MR) is 118 cm³/mol. The van der Waals surface area contributed by atoms with E-state index < -0.39 is 6.04 Å². The van der Waals surface area contributed by atoms with Gasteiger partial charge in [0.15, 0.2) is 0 Å². The van der Waals surface area contributed by atoms with Gasteiger partial charge in [0.25, 0.3) is 5.91 Å². The van der Waals surface area contributed by atoms with E-state index in [1.54, 1.807) is 24.0 Å². The molecule has 1 aromatic heterocycles. The van der Waals surface area contributed by atoms with Gasteiger partial charge in [-0.2, -0.15) is 5.26 Å². The molecule has 30 heavy (non-hydrogen) atoms. The van der Waals surface area contributed by atoms with E-state index >= 15 is 0 Å². The zero-order chi connectivity index (χ0) is 20.9. The maximum atomic E-state index is 12.9. The summed E-state index contributed by atoms with van der Waals surface area (Å²) in [6.07, 6.45) is 6.50. The summed E-state index contributed by atoms with van der Waals surface area (Å²) in [6.45, 7) is 1.93. The lowest BCUT2D eigenvalue weighted by atomic mass is 10.1. The number of hydrogen-bond acceptors (Lipinski definition) is 6. The first-order valence-corrected chi connectivity index (χ1v) is 11.5. The second kappa shape index (κ2) is 9.35. The first-order valence-electron chi connectivity index (χ1n) is 10.4. The standard InChI is InChI=1S/C22H25N5O2S/c23-12-17-14-30-15-27(17)21(28)13-25-22(29)18-7-8-24-20-6-5-16(11-19(18)20)26-9-3-1-2-4-10-26/h5-8,11,17H,1-4,9-10,13-15H2,(H,25,29). The van der Waals surface area contributed by atoms with Crippen LogP contribution in [0.5, 0.6) is 0 Å². The first-order chi connectivity index (χ1) is 14.7. The van der Waals surface area contributed by atoms with Gasteiger partial charge in [0, 0.05) is 36.1 Å². The van der Waals surface area contributed by atoms with Gasteiger partial charge >= 0.3 is 0 Å². The molecule has 2 aromatic rings. The van der Waals surface area contributed by atoms with Crippen LogP contribution in [0.1, 0.15) is 36.0 Å². The van der Waals surface area contributed by atoms with E-state index in [-0.39, 0.29) is 18.4 Å². The molecule has 1 aromatic carbocycles. The summed E-state index contributed by atoms with van der Waals surface area (Å²) in [7, 11) is 0. The minimum Gasteiger partial charge on any atom is -0.372 e. The lowest BCUT2D eigenvalue weighted by Crippen LogP contribution is -2.42. The number of amides is 2. The molecule has 2 fully saturated rings. The average molecular weight is 424 g/mol. The molecule has 2 amide bonds. The number of rotatable bonds is 4. The van der Waals surface area contributed by atoms with Crippen LogP contribution in [0.25, 0.3) is 10.9 Å². The van der Waals surface area contributed by atoms with E-state index in [4.69, 9.17) is 5.26 Å². The smallest absolute Gasteiger partial charge is 0.252 e. The highest BCUT2D eigenvalue weighted by Crippen LogP contribution is 2.26. The number of carbonyl (C=O) groups excluding carboxylic acids is 2. The van der Waals surface area contributed by atoms with Gasteiger partial charge in [0.2, 0.25) is 5.91 Å². The monoisotopic (exact) mass is 423 g/mol. The number of nitriles is 1.